The van der Waals surface area contributed by atoms with E-state index in [4.69, 9.17) is 16.0 Å². The van der Waals surface area contributed by atoms with Gasteiger partial charge in [-0.3, -0.25) is 9.69 Å². The number of carbonyl (C=O) groups is 1. The van der Waals surface area contributed by atoms with Crippen molar-refractivity contribution < 1.29 is 13.6 Å². The molecule has 0 fully saturated rings. The molecule has 0 aliphatic rings. The second-order valence-corrected chi connectivity index (χ2v) is 5.47. The van der Waals surface area contributed by atoms with Gasteiger partial charge in [-0.25, -0.2) is 4.39 Å². The van der Waals surface area contributed by atoms with Gasteiger partial charge in [0.1, 0.15) is 11.6 Å². The molecular formula is C17H20ClFN2O2. The smallest absolute Gasteiger partial charge is 0.255 e. The average molecular weight is 339 g/mol. The molecule has 0 radical (unpaired) electrons. The predicted octanol–water partition coefficient (Wildman–Crippen LogP) is 3.89. The summed E-state index contributed by atoms with van der Waals surface area (Å²) in [5.41, 5.74) is -0.132. The maximum Gasteiger partial charge on any atom is 0.255 e. The highest BCUT2D eigenvalue weighted by molar-refractivity contribution is 6.33. The second-order valence-electron chi connectivity index (χ2n) is 5.06. The Morgan fingerprint density at radius 2 is 2.04 bits per heavy atom. The molecule has 1 heterocycles. The molecule has 0 saturated heterocycles. The zero-order valence-electron chi connectivity index (χ0n) is 13.2. The fourth-order valence-electron chi connectivity index (χ4n) is 2.55. The van der Waals surface area contributed by atoms with Crippen LogP contribution in [0.15, 0.2) is 41.0 Å². The molecule has 0 spiro atoms. The number of furan rings is 1. The van der Waals surface area contributed by atoms with E-state index in [1.807, 2.05) is 19.9 Å². The highest BCUT2D eigenvalue weighted by Gasteiger charge is 2.23. The van der Waals surface area contributed by atoms with Gasteiger partial charge in [-0.15, -0.1) is 0 Å². The average Bonchev–Trinajstić information content (AvgIpc) is 3.05. The van der Waals surface area contributed by atoms with E-state index >= 15 is 0 Å². The fraction of sp³-hybridized carbons (Fsp3) is 0.353. The first-order chi connectivity index (χ1) is 11.1. The largest absolute Gasteiger partial charge is 0.468 e. The standard InChI is InChI=1S/C17H20ClFN2O2/c1-3-21(4-2)14(15-9-6-10-23-15)11-20-17(22)16-12(18)7-5-8-13(16)19/h5-10,14H,3-4,11H2,1-2H3,(H,20,22)/t14-/m0/s1. The topological polar surface area (TPSA) is 45.5 Å². The third-order valence-electron chi connectivity index (χ3n) is 3.77. The zero-order valence-corrected chi connectivity index (χ0v) is 13.9. The number of nitrogens with one attached hydrogen (secondary N) is 1. The Balaban J connectivity index is 2.14. The molecule has 23 heavy (non-hydrogen) atoms. The number of nitrogens with zero attached hydrogens (tertiary/aromatic N) is 1. The summed E-state index contributed by atoms with van der Waals surface area (Å²) >= 11 is 5.93. The fourth-order valence-corrected chi connectivity index (χ4v) is 2.80. The van der Waals surface area contributed by atoms with Gasteiger partial charge in [0.05, 0.1) is 22.9 Å². The van der Waals surface area contributed by atoms with Gasteiger partial charge in [-0.05, 0) is 37.4 Å². The summed E-state index contributed by atoms with van der Waals surface area (Å²) in [5, 5.41) is 2.85. The van der Waals surface area contributed by atoms with Gasteiger partial charge in [-0.1, -0.05) is 31.5 Å². The highest BCUT2D eigenvalue weighted by atomic mass is 35.5. The van der Waals surface area contributed by atoms with Gasteiger partial charge in [0.15, 0.2) is 0 Å². The molecule has 0 bridgehead atoms. The summed E-state index contributed by atoms with van der Waals surface area (Å²) in [6.07, 6.45) is 1.60. The van der Waals surface area contributed by atoms with Crippen molar-refractivity contribution in [1.29, 1.82) is 0 Å². The molecule has 1 aromatic carbocycles. The summed E-state index contributed by atoms with van der Waals surface area (Å²) in [6.45, 7) is 5.99. The van der Waals surface area contributed by atoms with Crippen LogP contribution in [0.2, 0.25) is 5.02 Å². The summed E-state index contributed by atoms with van der Waals surface area (Å²) in [4.78, 5) is 14.4. The van der Waals surface area contributed by atoms with Crippen molar-refractivity contribution in [3.8, 4) is 0 Å². The van der Waals surface area contributed by atoms with Crippen LogP contribution < -0.4 is 5.32 Å². The first-order valence-electron chi connectivity index (χ1n) is 7.58. The van der Waals surface area contributed by atoms with Crippen molar-refractivity contribution in [2.24, 2.45) is 0 Å². The van der Waals surface area contributed by atoms with Crippen LogP contribution in [0.4, 0.5) is 4.39 Å². The first kappa shape index (κ1) is 17.5. The monoisotopic (exact) mass is 338 g/mol. The number of halogens is 2. The molecule has 0 unspecified atom stereocenters. The number of benzene rings is 1. The van der Waals surface area contributed by atoms with Crippen LogP contribution in [0.5, 0.6) is 0 Å². The quantitative estimate of drug-likeness (QED) is 0.833. The Morgan fingerprint density at radius 1 is 1.30 bits per heavy atom. The third-order valence-corrected chi connectivity index (χ3v) is 4.09. The Morgan fingerprint density at radius 3 is 2.61 bits per heavy atom. The van der Waals surface area contributed by atoms with E-state index in [-0.39, 0.29) is 16.6 Å². The van der Waals surface area contributed by atoms with Gasteiger partial charge in [-0.2, -0.15) is 0 Å². The highest BCUT2D eigenvalue weighted by Crippen LogP contribution is 2.22. The molecular weight excluding hydrogens is 319 g/mol. The van der Waals surface area contributed by atoms with E-state index in [0.29, 0.717) is 6.54 Å². The molecule has 4 nitrogen and oxygen atoms in total. The molecule has 2 aromatic rings. The van der Waals surface area contributed by atoms with Gasteiger partial charge in [0, 0.05) is 6.54 Å². The predicted molar refractivity (Wildman–Crippen MR) is 88.1 cm³/mol. The van der Waals surface area contributed by atoms with E-state index < -0.39 is 11.7 Å². The number of likely N-dealkylation sites (N-methyl/N-ethyl adjacent to an activating group) is 1. The third kappa shape index (κ3) is 4.12. The minimum Gasteiger partial charge on any atom is -0.468 e. The lowest BCUT2D eigenvalue weighted by Crippen LogP contribution is -2.38. The molecule has 1 aromatic heterocycles. The van der Waals surface area contributed by atoms with Crippen molar-refractivity contribution in [3.05, 3.63) is 58.8 Å². The van der Waals surface area contributed by atoms with Gasteiger partial charge in [0.25, 0.3) is 5.91 Å². The number of rotatable bonds is 7. The molecule has 0 saturated carbocycles. The maximum atomic E-state index is 13.8. The molecule has 0 aliphatic carbocycles. The Labute approximate surface area is 140 Å². The number of hydrogen-bond acceptors (Lipinski definition) is 3. The van der Waals surface area contributed by atoms with Crippen molar-refractivity contribution in [3.63, 3.8) is 0 Å². The van der Waals surface area contributed by atoms with Crippen LogP contribution >= 0.6 is 11.6 Å². The SMILES string of the molecule is CCN(CC)[C@@H](CNC(=O)c1c(F)cccc1Cl)c1ccco1. The number of carbonyl (C=O) groups excluding carboxylic acids is 1. The van der Waals surface area contributed by atoms with E-state index in [1.54, 1.807) is 12.3 Å². The van der Waals surface area contributed by atoms with E-state index in [0.717, 1.165) is 18.8 Å². The molecule has 2 rings (SSSR count). The minimum atomic E-state index is -0.632. The molecule has 1 N–H and O–H groups in total. The van der Waals surface area contributed by atoms with Crippen molar-refractivity contribution >= 4 is 17.5 Å². The molecule has 124 valence electrons. The van der Waals surface area contributed by atoms with Crippen molar-refractivity contribution in [1.82, 2.24) is 10.2 Å². The summed E-state index contributed by atoms with van der Waals surface area (Å²) in [6, 6.07) is 7.74. The lowest BCUT2D eigenvalue weighted by Gasteiger charge is -2.28. The summed E-state index contributed by atoms with van der Waals surface area (Å²) in [5.74, 6) is -0.405. The molecule has 0 aliphatic heterocycles. The Hall–Kier alpha value is -1.85. The van der Waals surface area contributed by atoms with Crippen molar-refractivity contribution in [2.45, 2.75) is 19.9 Å². The number of hydrogen-bond donors (Lipinski definition) is 1. The van der Waals surface area contributed by atoms with Crippen LogP contribution in [-0.2, 0) is 0 Å². The van der Waals surface area contributed by atoms with E-state index in [1.165, 1.54) is 18.2 Å². The molecule has 1 atom stereocenters. The van der Waals surface area contributed by atoms with E-state index in [2.05, 4.69) is 10.2 Å². The van der Waals surface area contributed by atoms with Gasteiger partial charge < -0.3 is 9.73 Å². The van der Waals surface area contributed by atoms with Gasteiger partial charge >= 0.3 is 0 Å². The van der Waals surface area contributed by atoms with Gasteiger partial charge in [0.2, 0.25) is 0 Å². The normalized spacial score (nSPS) is 12.4. The van der Waals surface area contributed by atoms with Crippen molar-refractivity contribution in [2.75, 3.05) is 19.6 Å². The Kier molecular flexibility index (Phi) is 6.19. The lowest BCUT2D eigenvalue weighted by atomic mass is 10.1. The second kappa shape index (κ2) is 8.13. The Bertz CT molecular complexity index is 622. The van der Waals surface area contributed by atoms with Crippen LogP contribution in [0.3, 0.4) is 0 Å². The molecule has 1 amide bonds. The minimum absolute atomic E-state index is 0.0971. The van der Waals surface area contributed by atoms with Crippen LogP contribution in [0, 0.1) is 5.82 Å². The maximum absolute atomic E-state index is 13.8. The number of amides is 1. The van der Waals surface area contributed by atoms with Crippen LogP contribution in [0.25, 0.3) is 0 Å². The summed E-state index contributed by atoms with van der Waals surface area (Å²) < 4.78 is 19.3. The molecule has 6 heteroatoms. The summed E-state index contributed by atoms with van der Waals surface area (Å²) in [7, 11) is 0. The lowest BCUT2D eigenvalue weighted by molar-refractivity contribution is 0.0926. The zero-order chi connectivity index (χ0) is 16.8. The van der Waals surface area contributed by atoms with Crippen LogP contribution in [-0.4, -0.2) is 30.4 Å². The van der Waals surface area contributed by atoms with E-state index in [9.17, 15) is 9.18 Å². The van der Waals surface area contributed by atoms with Crippen LogP contribution in [0.1, 0.15) is 36.0 Å². The first-order valence-corrected chi connectivity index (χ1v) is 7.95.